The SMILES string of the molecule is CC(=O)N1CCc2c(c(N3CCc4cc(-c5cnn(C)c5C)ccc43)nn2C2CCOC2)C1. The lowest BCUT2D eigenvalue weighted by molar-refractivity contribution is -0.129. The van der Waals surface area contributed by atoms with Gasteiger partial charge in [0.25, 0.3) is 0 Å². The largest absolute Gasteiger partial charge is 0.379 e. The molecule has 1 aromatic carbocycles. The molecule has 3 aliphatic rings. The van der Waals surface area contributed by atoms with Crippen molar-refractivity contribution in [3.63, 3.8) is 0 Å². The van der Waals surface area contributed by atoms with Gasteiger partial charge < -0.3 is 14.5 Å². The van der Waals surface area contributed by atoms with Crippen LogP contribution in [0.4, 0.5) is 11.5 Å². The van der Waals surface area contributed by atoms with E-state index in [4.69, 9.17) is 9.84 Å². The van der Waals surface area contributed by atoms with Crippen molar-refractivity contribution in [3.05, 3.63) is 46.9 Å². The van der Waals surface area contributed by atoms with Crippen molar-refractivity contribution >= 4 is 17.4 Å². The van der Waals surface area contributed by atoms with Crippen molar-refractivity contribution in [1.82, 2.24) is 24.5 Å². The van der Waals surface area contributed by atoms with Crippen molar-refractivity contribution < 1.29 is 9.53 Å². The molecule has 1 atom stereocenters. The van der Waals surface area contributed by atoms with Crippen molar-refractivity contribution in [1.29, 1.82) is 0 Å². The highest BCUT2D eigenvalue weighted by molar-refractivity contribution is 5.77. The third-order valence-electron chi connectivity index (χ3n) is 7.54. The number of amides is 1. The molecule has 2 aromatic heterocycles. The Balaban J connectivity index is 1.40. The summed E-state index contributed by atoms with van der Waals surface area (Å²) in [6.07, 6.45) is 4.77. The summed E-state index contributed by atoms with van der Waals surface area (Å²) in [4.78, 5) is 16.5. The van der Waals surface area contributed by atoms with E-state index in [1.165, 1.54) is 39.3 Å². The first-order valence-electron chi connectivity index (χ1n) is 11.8. The summed E-state index contributed by atoms with van der Waals surface area (Å²) in [6, 6.07) is 7.00. The van der Waals surface area contributed by atoms with E-state index in [1.807, 2.05) is 22.8 Å². The van der Waals surface area contributed by atoms with Crippen LogP contribution in [-0.2, 0) is 36.0 Å². The van der Waals surface area contributed by atoms with E-state index in [2.05, 4.69) is 39.8 Å². The van der Waals surface area contributed by atoms with E-state index in [0.717, 1.165) is 44.8 Å². The number of aromatic nitrogens is 4. The molecule has 0 radical (unpaired) electrons. The van der Waals surface area contributed by atoms with Crippen molar-refractivity contribution in [2.45, 2.75) is 45.7 Å². The highest BCUT2D eigenvalue weighted by Crippen LogP contribution is 2.41. The maximum absolute atomic E-state index is 12.2. The van der Waals surface area contributed by atoms with Crippen LogP contribution in [0.15, 0.2) is 24.4 Å². The fourth-order valence-corrected chi connectivity index (χ4v) is 5.50. The maximum atomic E-state index is 12.2. The Hall–Kier alpha value is -3.13. The molecule has 3 aliphatic heterocycles. The second-order valence-corrected chi connectivity index (χ2v) is 9.41. The Morgan fingerprint density at radius 3 is 2.82 bits per heavy atom. The first kappa shape index (κ1) is 20.5. The molecule has 172 valence electrons. The number of benzene rings is 1. The fraction of sp³-hybridized carbons (Fsp3) is 0.480. The van der Waals surface area contributed by atoms with Gasteiger partial charge in [-0.1, -0.05) is 6.07 Å². The molecule has 0 spiro atoms. The topological polar surface area (TPSA) is 68.4 Å². The van der Waals surface area contributed by atoms with Gasteiger partial charge >= 0.3 is 0 Å². The second-order valence-electron chi connectivity index (χ2n) is 9.41. The highest BCUT2D eigenvalue weighted by Gasteiger charge is 2.34. The lowest BCUT2D eigenvalue weighted by atomic mass is 10.0. The number of fused-ring (bicyclic) bond motifs is 2. The van der Waals surface area contributed by atoms with Gasteiger partial charge in [0.05, 0.1) is 25.4 Å². The zero-order chi connectivity index (χ0) is 22.7. The fourth-order valence-electron chi connectivity index (χ4n) is 5.50. The molecule has 1 amide bonds. The minimum absolute atomic E-state index is 0.127. The van der Waals surface area contributed by atoms with E-state index < -0.39 is 0 Å². The molecular formula is C25H30N6O2. The predicted octanol–water partition coefficient (Wildman–Crippen LogP) is 3.15. The summed E-state index contributed by atoms with van der Waals surface area (Å²) in [6.45, 7) is 7.56. The minimum atomic E-state index is 0.127. The van der Waals surface area contributed by atoms with Gasteiger partial charge in [-0.15, -0.1) is 0 Å². The van der Waals surface area contributed by atoms with Gasteiger partial charge in [0.2, 0.25) is 5.91 Å². The maximum Gasteiger partial charge on any atom is 0.219 e. The van der Waals surface area contributed by atoms with Crippen LogP contribution >= 0.6 is 0 Å². The van der Waals surface area contributed by atoms with Crippen LogP contribution in [0.1, 0.15) is 41.9 Å². The van der Waals surface area contributed by atoms with Gasteiger partial charge in [-0.2, -0.15) is 10.2 Å². The van der Waals surface area contributed by atoms with Crippen LogP contribution in [0, 0.1) is 6.92 Å². The first-order chi connectivity index (χ1) is 16.0. The summed E-state index contributed by atoms with van der Waals surface area (Å²) in [5.41, 5.74) is 8.58. The summed E-state index contributed by atoms with van der Waals surface area (Å²) in [5, 5.41) is 9.57. The number of aryl methyl sites for hydroxylation is 1. The van der Waals surface area contributed by atoms with Crippen LogP contribution in [0.2, 0.25) is 0 Å². The van der Waals surface area contributed by atoms with E-state index in [9.17, 15) is 4.79 Å². The molecule has 1 fully saturated rings. The van der Waals surface area contributed by atoms with E-state index >= 15 is 0 Å². The van der Waals surface area contributed by atoms with Crippen molar-refractivity contribution in [2.24, 2.45) is 7.05 Å². The molecule has 8 heteroatoms. The number of nitrogens with zero attached hydrogens (tertiary/aromatic N) is 6. The lowest BCUT2D eigenvalue weighted by Crippen LogP contribution is -2.35. The smallest absolute Gasteiger partial charge is 0.219 e. The monoisotopic (exact) mass is 446 g/mol. The molecule has 5 heterocycles. The number of hydrogen-bond acceptors (Lipinski definition) is 5. The first-order valence-corrected chi connectivity index (χ1v) is 11.8. The number of anilines is 2. The van der Waals surface area contributed by atoms with Gasteiger partial charge in [0.1, 0.15) is 0 Å². The Morgan fingerprint density at radius 1 is 1.21 bits per heavy atom. The summed E-state index contributed by atoms with van der Waals surface area (Å²) in [7, 11) is 1.98. The van der Waals surface area contributed by atoms with Crippen LogP contribution in [0.3, 0.4) is 0 Å². The number of carbonyl (C=O) groups is 1. The lowest BCUT2D eigenvalue weighted by Gasteiger charge is -2.28. The molecular weight excluding hydrogens is 416 g/mol. The zero-order valence-electron chi connectivity index (χ0n) is 19.5. The van der Waals surface area contributed by atoms with Gasteiger partial charge in [0, 0.05) is 68.3 Å². The minimum Gasteiger partial charge on any atom is -0.379 e. The number of rotatable bonds is 3. The van der Waals surface area contributed by atoms with E-state index in [-0.39, 0.29) is 11.9 Å². The van der Waals surface area contributed by atoms with Gasteiger partial charge in [-0.3, -0.25) is 14.2 Å². The molecule has 6 rings (SSSR count). The van der Waals surface area contributed by atoms with Crippen LogP contribution in [0.5, 0.6) is 0 Å². The summed E-state index contributed by atoms with van der Waals surface area (Å²) >= 11 is 0. The summed E-state index contributed by atoms with van der Waals surface area (Å²) < 4.78 is 9.80. The Morgan fingerprint density at radius 2 is 2.09 bits per heavy atom. The molecule has 0 aliphatic carbocycles. The average molecular weight is 447 g/mol. The number of ether oxygens (including phenoxy) is 1. The van der Waals surface area contributed by atoms with E-state index in [0.29, 0.717) is 13.2 Å². The number of carbonyl (C=O) groups excluding carboxylic acids is 1. The van der Waals surface area contributed by atoms with Crippen LogP contribution in [-0.4, -0.2) is 56.7 Å². The average Bonchev–Trinajstić information content (AvgIpc) is 3.59. The molecule has 1 unspecified atom stereocenters. The summed E-state index contributed by atoms with van der Waals surface area (Å²) in [5.74, 6) is 1.13. The molecule has 8 nitrogen and oxygen atoms in total. The van der Waals surface area contributed by atoms with Crippen molar-refractivity contribution in [3.8, 4) is 11.1 Å². The Labute approximate surface area is 193 Å². The predicted molar refractivity (Wildman–Crippen MR) is 126 cm³/mol. The van der Waals surface area contributed by atoms with Crippen molar-refractivity contribution in [2.75, 3.05) is 31.2 Å². The van der Waals surface area contributed by atoms with Crippen LogP contribution < -0.4 is 4.90 Å². The third kappa shape index (κ3) is 3.27. The van der Waals surface area contributed by atoms with Crippen LogP contribution in [0.25, 0.3) is 11.1 Å². The molecule has 0 N–H and O–H groups in total. The third-order valence-corrected chi connectivity index (χ3v) is 7.54. The zero-order valence-corrected chi connectivity index (χ0v) is 19.5. The highest BCUT2D eigenvalue weighted by atomic mass is 16.5. The van der Waals surface area contributed by atoms with Gasteiger partial charge in [-0.05, 0) is 43.0 Å². The molecule has 0 saturated carbocycles. The standard InChI is InChI=1S/C25H30N6O2/c1-16-21(13-26-28(16)3)18-4-5-23-19(12-18)6-10-30(23)25-22-14-29(17(2)32)9-7-24(22)31(27-25)20-8-11-33-15-20/h4-5,12-13,20H,6-11,14-15H2,1-3H3. The quantitative estimate of drug-likeness (QED) is 0.618. The van der Waals surface area contributed by atoms with E-state index in [1.54, 1.807) is 6.92 Å². The number of hydrogen-bond donors (Lipinski definition) is 0. The molecule has 0 bridgehead atoms. The Bertz CT molecular complexity index is 1240. The molecule has 3 aromatic rings. The molecule has 1 saturated heterocycles. The Kier molecular flexibility index (Phi) is 4.79. The second kappa shape index (κ2) is 7.73. The molecule has 33 heavy (non-hydrogen) atoms. The normalized spacial score (nSPS) is 19.8. The van der Waals surface area contributed by atoms with Gasteiger partial charge in [-0.25, -0.2) is 0 Å². The van der Waals surface area contributed by atoms with Gasteiger partial charge in [0.15, 0.2) is 5.82 Å².